The van der Waals surface area contributed by atoms with Gasteiger partial charge >= 0.3 is 0 Å². The number of carbonyl (C=O) groups excluding carboxylic acids is 1. The molecule has 0 aliphatic heterocycles. The van der Waals surface area contributed by atoms with Crippen molar-refractivity contribution in [3.8, 4) is 0 Å². The Hall–Kier alpha value is -2.14. The smallest absolute Gasteiger partial charge is 0.238 e. The summed E-state index contributed by atoms with van der Waals surface area (Å²) in [6.45, 7) is 2.96. The van der Waals surface area contributed by atoms with Gasteiger partial charge in [-0.25, -0.2) is 8.42 Å². The summed E-state index contributed by atoms with van der Waals surface area (Å²) in [6, 6.07) is 19.6. The van der Waals surface area contributed by atoms with Crippen LogP contribution in [0.2, 0.25) is 0 Å². The molecule has 0 radical (unpaired) electrons. The van der Waals surface area contributed by atoms with Gasteiger partial charge in [0.2, 0.25) is 5.91 Å². The molecule has 5 heteroatoms. The topological polar surface area (TPSA) is 54.5 Å². The second kappa shape index (κ2) is 10.9. The number of benzene rings is 2. The molecule has 0 saturated carbocycles. The molecule has 0 unspecified atom stereocenters. The summed E-state index contributed by atoms with van der Waals surface area (Å²) in [5, 5.41) is 0. The molecule has 0 spiro atoms. The Labute approximate surface area is 163 Å². The van der Waals surface area contributed by atoms with Crippen LogP contribution in [0.3, 0.4) is 0 Å². The van der Waals surface area contributed by atoms with Gasteiger partial charge in [0.05, 0.1) is 5.75 Å². The van der Waals surface area contributed by atoms with Gasteiger partial charge in [-0.1, -0.05) is 80.4 Å². The molecule has 0 aromatic heterocycles. The summed E-state index contributed by atoms with van der Waals surface area (Å²) >= 11 is 0. The van der Waals surface area contributed by atoms with Crippen LogP contribution in [0.25, 0.3) is 0 Å². The molecule has 2 aromatic rings. The fraction of sp³-hybridized carbons (Fsp3) is 0.409. The number of hydrogen-bond donors (Lipinski definition) is 0. The first-order valence-corrected chi connectivity index (χ1v) is 11.4. The molecule has 2 rings (SSSR count). The molecule has 0 atom stereocenters. The number of rotatable bonds is 11. The third kappa shape index (κ3) is 7.95. The highest BCUT2D eigenvalue weighted by Gasteiger charge is 2.21. The van der Waals surface area contributed by atoms with E-state index in [1.165, 1.54) is 0 Å². The first-order chi connectivity index (χ1) is 13.0. The van der Waals surface area contributed by atoms with Crippen LogP contribution in [0, 0.1) is 0 Å². The summed E-state index contributed by atoms with van der Waals surface area (Å²) in [6.07, 6.45) is 3.15. The summed E-state index contributed by atoms with van der Waals surface area (Å²) in [7, 11) is -3.36. The SMILES string of the molecule is CCCCCS(=O)(=O)CC(=O)N(CCc1ccccc1)Cc1ccccc1. The van der Waals surface area contributed by atoms with E-state index < -0.39 is 15.6 Å². The summed E-state index contributed by atoms with van der Waals surface area (Å²) in [4.78, 5) is 14.4. The van der Waals surface area contributed by atoms with Gasteiger partial charge < -0.3 is 4.90 Å². The summed E-state index contributed by atoms with van der Waals surface area (Å²) in [5.74, 6) is -0.630. The maximum atomic E-state index is 12.8. The first kappa shape index (κ1) is 21.2. The predicted molar refractivity (Wildman–Crippen MR) is 110 cm³/mol. The lowest BCUT2D eigenvalue weighted by atomic mass is 10.1. The number of amides is 1. The van der Waals surface area contributed by atoms with Gasteiger partial charge in [-0.15, -0.1) is 0 Å². The number of sulfone groups is 1. The first-order valence-electron chi connectivity index (χ1n) is 9.56. The van der Waals surface area contributed by atoms with Crippen molar-refractivity contribution in [1.29, 1.82) is 0 Å². The van der Waals surface area contributed by atoms with E-state index in [2.05, 4.69) is 0 Å². The van der Waals surface area contributed by atoms with E-state index in [0.29, 0.717) is 25.9 Å². The van der Waals surface area contributed by atoms with Gasteiger partial charge in [0.25, 0.3) is 0 Å². The van der Waals surface area contributed by atoms with E-state index in [0.717, 1.165) is 24.0 Å². The highest BCUT2D eigenvalue weighted by molar-refractivity contribution is 7.92. The fourth-order valence-electron chi connectivity index (χ4n) is 2.93. The Bertz CT molecular complexity index is 789. The lowest BCUT2D eigenvalue weighted by molar-refractivity contribution is -0.129. The van der Waals surface area contributed by atoms with Crippen molar-refractivity contribution in [3.63, 3.8) is 0 Å². The number of unbranched alkanes of at least 4 members (excludes halogenated alkanes) is 2. The molecule has 0 saturated heterocycles. The van der Waals surface area contributed by atoms with E-state index in [4.69, 9.17) is 0 Å². The van der Waals surface area contributed by atoms with Crippen LogP contribution < -0.4 is 0 Å². The maximum Gasteiger partial charge on any atom is 0.238 e. The molecule has 0 heterocycles. The Morgan fingerprint density at radius 3 is 2.07 bits per heavy atom. The molecule has 0 aliphatic carbocycles. The van der Waals surface area contributed by atoms with E-state index >= 15 is 0 Å². The standard InChI is InChI=1S/C22H29NO3S/c1-2-3-10-17-27(25,26)19-22(24)23(18-21-13-8-5-9-14-21)16-15-20-11-6-4-7-12-20/h4-9,11-14H,2-3,10,15-19H2,1H3. The molecular formula is C22H29NO3S. The molecule has 0 bridgehead atoms. The lowest BCUT2D eigenvalue weighted by Gasteiger charge is -2.23. The minimum absolute atomic E-state index is 0.0877. The van der Waals surface area contributed by atoms with Crippen molar-refractivity contribution in [1.82, 2.24) is 4.90 Å². The van der Waals surface area contributed by atoms with E-state index in [-0.39, 0.29) is 11.7 Å². The van der Waals surface area contributed by atoms with E-state index in [1.807, 2.05) is 67.6 Å². The number of nitrogens with zero attached hydrogens (tertiary/aromatic N) is 1. The highest BCUT2D eigenvalue weighted by atomic mass is 32.2. The largest absolute Gasteiger partial charge is 0.337 e. The zero-order valence-corrected chi connectivity index (χ0v) is 16.8. The maximum absolute atomic E-state index is 12.8. The predicted octanol–water partition coefficient (Wildman–Crippen LogP) is 3.86. The summed E-state index contributed by atoms with van der Waals surface area (Å²) in [5.41, 5.74) is 2.14. The average Bonchev–Trinajstić information content (AvgIpc) is 2.66. The van der Waals surface area contributed by atoms with Gasteiger partial charge in [0.1, 0.15) is 5.75 Å². The van der Waals surface area contributed by atoms with Crippen molar-refractivity contribution in [2.24, 2.45) is 0 Å². The Morgan fingerprint density at radius 2 is 1.48 bits per heavy atom. The Morgan fingerprint density at radius 1 is 0.889 bits per heavy atom. The molecule has 0 fully saturated rings. The zero-order valence-electron chi connectivity index (χ0n) is 16.0. The highest BCUT2D eigenvalue weighted by Crippen LogP contribution is 2.10. The minimum atomic E-state index is -3.36. The van der Waals surface area contributed by atoms with Crippen LogP contribution in [0.1, 0.15) is 37.3 Å². The van der Waals surface area contributed by atoms with Gasteiger partial charge in [-0.2, -0.15) is 0 Å². The van der Waals surface area contributed by atoms with Crippen molar-refractivity contribution >= 4 is 15.7 Å². The van der Waals surface area contributed by atoms with Crippen LogP contribution in [0.5, 0.6) is 0 Å². The summed E-state index contributed by atoms with van der Waals surface area (Å²) < 4.78 is 24.6. The molecule has 4 nitrogen and oxygen atoms in total. The van der Waals surface area contributed by atoms with Crippen LogP contribution in [0.15, 0.2) is 60.7 Å². The number of carbonyl (C=O) groups is 1. The second-order valence-corrected chi connectivity index (χ2v) is 9.02. The monoisotopic (exact) mass is 387 g/mol. The van der Waals surface area contributed by atoms with Crippen molar-refractivity contribution < 1.29 is 13.2 Å². The molecule has 1 amide bonds. The third-order valence-corrected chi connectivity index (χ3v) is 6.08. The third-order valence-electron chi connectivity index (χ3n) is 4.48. The average molecular weight is 388 g/mol. The van der Waals surface area contributed by atoms with Gasteiger partial charge in [-0.05, 0) is 24.0 Å². The molecule has 146 valence electrons. The molecule has 0 aliphatic rings. The zero-order chi connectivity index (χ0) is 19.5. The van der Waals surface area contributed by atoms with E-state index in [9.17, 15) is 13.2 Å². The van der Waals surface area contributed by atoms with Crippen LogP contribution in [-0.4, -0.2) is 37.3 Å². The normalized spacial score (nSPS) is 11.3. The Kier molecular flexibility index (Phi) is 8.52. The number of hydrogen-bond acceptors (Lipinski definition) is 3. The minimum Gasteiger partial charge on any atom is -0.337 e. The van der Waals surface area contributed by atoms with Crippen molar-refractivity contribution in [2.75, 3.05) is 18.1 Å². The Balaban J connectivity index is 2.04. The van der Waals surface area contributed by atoms with Crippen LogP contribution in [0.4, 0.5) is 0 Å². The van der Waals surface area contributed by atoms with Crippen molar-refractivity contribution in [2.45, 2.75) is 39.2 Å². The quantitative estimate of drug-likeness (QED) is 0.550. The molecular weight excluding hydrogens is 358 g/mol. The lowest BCUT2D eigenvalue weighted by Crippen LogP contribution is -2.37. The fourth-order valence-corrected chi connectivity index (χ4v) is 4.28. The van der Waals surface area contributed by atoms with Gasteiger partial charge in [0, 0.05) is 13.1 Å². The van der Waals surface area contributed by atoms with E-state index in [1.54, 1.807) is 4.90 Å². The molecule has 0 N–H and O–H groups in total. The second-order valence-electron chi connectivity index (χ2n) is 6.84. The van der Waals surface area contributed by atoms with Gasteiger partial charge in [0.15, 0.2) is 9.84 Å². The van der Waals surface area contributed by atoms with Crippen LogP contribution >= 0.6 is 0 Å². The van der Waals surface area contributed by atoms with Crippen molar-refractivity contribution in [3.05, 3.63) is 71.8 Å². The van der Waals surface area contributed by atoms with Crippen LogP contribution in [-0.2, 0) is 27.6 Å². The molecule has 27 heavy (non-hydrogen) atoms. The molecule has 2 aromatic carbocycles. The van der Waals surface area contributed by atoms with Gasteiger partial charge in [-0.3, -0.25) is 4.79 Å².